The first-order valence-electron chi connectivity index (χ1n) is 8.09. The van der Waals surface area contributed by atoms with E-state index in [-0.39, 0.29) is 0 Å². The summed E-state index contributed by atoms with van der Waals surface area (Å²) in [6, 6.07) is 4.50. The fourth-order valence-corrected chi connectivity index (χ4v) is 3.81. The molecule has 0 amide bonds. The zero-order valence-electron chi connectivity index (χ0n) is 13.1. The zero-order valence-corrected chi connectivity index (χ0v) is 13.9. The number of aromatic amines is 1. The van der Waals surface area contributed by atoms with Crippen LogP contribution in [0, 0.1) is 6.92 Å². The summed E-state index contributed by atoms with van der Waals surface area (Å²) >= 11 is 1.63. The second kappa shape index (κ2) is 6.16. The number of hydrogen-bond donors (Lipinski definition) is 3. The van der Waals surface area contributed by atoms with Crippen molar-refractivity contribution in [2.75, 3.05) is 10.6 Å². The molecule has 0 aliphatic heterocycles. The van der Waals surface area contributed by atoms with Gasteiger partial charge in [-0.25, -0.2) is 4.98 Å². The van der Waals surface area contributed by atoms with Crippen LogP contribution in [0.1, 0.15) is 37.8 Å². The lowest BCUT2D eigenvalue weighted by atomic mass is 9.96. The summed E-state index contributed by atoms with van der Waals surface area (Å²) in [4.78, 5) is 10.3. The van der Waals surface area contributed by atoms with Gasteiger partial charge in [0.2, 0.25) is 5.95 Å². The molecular weight excluding hydrogens is 308 g/mol. The van der Waals surface area contributed by atoms with Crippen LogP contribution in [0.2, 0.25) is 0 Å². The normalized spacial score (nSPS) is 15.9. The van der Waals surface area contributed by atoms with Crippen LogP contribution in [-0.4, -0.2) is 26.2 Å². The first-order chi connectivity index (χ1) is 11.3. The second-order valence-electron chi connectivity index (χ2n) is 6.08. The Labute approximate surface area is 138 Å². The molecule has 0 radical (unpaired) electrons. The van der Waals surface area contributed by atoms with Crippen molar-refractivity contribution in [1.82, 2.24) is 20.2 Å². The highest BCUT2D eigenvalue weighted by atomic mass is 32.1. The summed E-state index contributed by atoms with van der Waals surface area (Å²) in [5.74, 6) is 2.29. The highest BCUT2D eigenvalue weighted by molar-refractivity contribution is 7.16. The van der Waals surface area contributed by atoms with Gasteiger partial charge < -0.3 is 10.6 Å². The Balaban J connectivity index is 1.63. The van der Waals surface area contributed by atoms with E-state index in [1.54, 1.807) is 11.3 Å². The molecule has 4 rings (SSSR count). The van der Waals surface area contributed by atoms with Gasteiger partial charge in [-0.15, -0.1) is 11.3 Å². The van der Waals surface area contributed by atoms with Gasteiger partial charge in [0.05, 0.1) is 5.39 Å². The summed E-state index contributed by atoms with van der Waals surface area (Å²) < 4.78 is 0. The van der Waals surface area contributed by atoms with Crippen molar-refractivity contribution in [3.05, 3.63) is 23.2 Å². The van der Waals surface area contributed by atoms with E-state index < -0.39 is 0 Å². The topological polar surface area (TPSA) is 78.5 Å². The first kappa shape index (κ1) is 14.4. The van der Waals surface area contributed by atoms with E-state index in [4.69, 9.17) is 4.98 Å². The first-order valence-corrected chi connectivity index (χ1v) is 8.97. The minimum Gasteiger partial charge on any atom is -0.351 e. The average molecular weight is 328 g/mol. The van der Waals surface area contributed by atoms with E-state index in [1.807, 2.05) is 24.4 Å². The third kappa shape index (κ3) is 3.14. The van der Waals surface area contributed by atoms with Crippen LogP contribution in [0.3, 0.4) is 0 Å². The van der Waals surface area contributed by atoms with Gasteiger partial charge in [-0.3, -0.25) is 5.10 Å². The van der Waals surface area contributed by atoms with Crippen LogP contribution in [0.25, 0.3) is 10.2 Å². The van der Waals surface area contributed by atoms with E-state index in [0.29, 0.717) is 12.0 Å². The maximum Gasteiger partial charge on any atom is 0.226 e. The van der Waals surface area contributed by atoms with E-state index >= 15 is 0 Å². The van der Waals surface area contributed by atoms with Crippen molar-refractivity contribution >= 4 is 39.1 Å². The number of rotatable bonds is 4. The quantitative estimate of drug-likeness (QED) is 0.668. The lowest BCUT2D eigenvalue weighted by Gasteiger charge is -2.22. The third-order valence-corrected chi connectivity index (χ3v) is 5.02. The van der Waals surface area contributed by atoms with E-state index in [0.717, 1.165) is 27.5 Å². The molecule has 0 aromatic carbocycles. The van der Waals surface area contributed by atoms with E-state index in [1.165, 1.54) is 32.1 Å². The molecule has 6 nitrogen and oxygen atoms in total. The van der Waals surface area contributed by atoms with Gasteiger partial charge in [-0.05, 0) is 31.2 Å². The zero-order chi connectivity index (χ0) is 15.6. The molecule has 120 valence electrons. The van der Waals surface area contributed by atoms with Gasteiger partial charge in [-0.2, -0.15) is 10.1 Å². The summed E-state index contributed by atoms with van der Waals surface area (Å²) in [6.07, 6.45) is 6.32. The fourth-order valence-electron chi connectivity index (χ4n) is 3.05. The molecule has 0 saturated heterocycles. The molecule has 3 N–H and O–H groups in total. The molecule has 3 heterocycles. The predicted octanol–water partition coefficient (Wildman–Crippen LogP) is 4.21. The number of nitrogens with one attached hydrogen (secondary N) is 3. The van der Waals surface area contributed by atoms with Crippen LogP contribution in [0.15, 0.2) is 17.5 Å². The number of nitrogens with zero attached hydrogens (tertiary/aromatic N) is 3. The summed E-state index contributed by atoms with van der Waals surface area (Å²) in [5, 5.41) is 17.1. The summed E-state index contributed by atoms with van der Waals surface area (Å²) in [6.45, 7) is 1.98. The van der Waals surface area contributed by atoms with Gasteiger partial charge in [0.1, 0.15) is 10.6 Å². The smallest absolute Gasteiger partial charge is 0.226 e. The molecule has 0 spiro atoms. The Kier molecular flexibility index (Phi) is 3.87. The highest BCUT2D eigenvalue weighted by Gasteiger charge is 2.16. The van der Waals surface area contributed by atoms with Crippen molar-refractivity contribution in [2.45, 2.75) is 45.1 Å². The molecule has 1 aliphatic rings. The monoisotopic (exact) mass is 328 g/mol. The largest absolute Gasteiger partial charge is 0.351 e. The SMILES string of the molecule is Cc1cc(Nc2nc(NC3CCCCC3)nc3sccc23)n[nH]1. The number of thiophene rings is 1. The number of H-pyrrole nitrogens is 1. The summed E-state index contributed by atoms with van der Waals surface area (Å²) in [5.41, 5.74) is 1.02. The number of aryl methyl sites for hydroxylation is 1. The average Bonchev–Trinajstić information content (AvgIpc) is 3.17. The van der Waals surface area contributed by atoms with Gasteiger partial charge in [0.15, 0.2) is 5.82 Å². The lowest BCUT2D eigenvalue weighted by molar-refractivity contribution is 0.461. The van der Waals surface area contributed by atoms with E-state index in [2.05, 4.69) is 25.8 Å². The number of hydrogen-bond acceptors (Lipinski definition) is 6. The Bertz CT molecular complexity index is 802. The molecule has 0 unspecified atom stereocenters. The van der Waals surface area contributed by atoms with Gasteiger partial charge in [0, 0.05) is 17.8 Å². The molecule has 7 heteroatoms. The van der Waals surface area contributed by atoms with Crippen molar-refractivity contribution in [3.8, 4) is 0 Å². The predicted molar refractivity (Wildman–Crippen MR) is 94.5 cm³/mol. The van der Waals surface area contributed by atoms with Gasteiger partial charge in [0.25, 0.3) is 0 Å². The standard InChI is InChI=1S/C16H20N6S/c1-10-9-13(22-21-10)18-14-12-7-8-23-15(12)20-16(19-14)17-11-5-3-2-4-6-11/h7-9,11H,2-6H2,1H3,(H3,17,18,19,20,21,22). The maximum atomic E-state index is 4.69. The number of aromatic nitrogens is 4. The minimum atomic E-state index is 0.488. The van der Waals surface area contributed by atoms with Gasteiger partial charge in [-0.1, -0.05) is 19.3 Å². The van der Waals surface area contributed by atoms with Crippen LogP contribution in [0.4, 0.5) is 17.6 Å². The summed E-state index contributed by atoms with van der Waals surface area (Å²) in [7, 11) is 0. The molecule has 3 aromatic rings. The maximum absolute atomic E-state index is 4.69. The number of anilines is 3. The van der Waals surface area contributed by atoms with Crippen molar-refractivity contribution in [3.63, 3.8) is 0 Å². The van der Waals surface area contributed by atoms with Crippen molar-refractivity contribution in [2.24, 2.45) is 0 Å². The number of fused-ring (bicyclic) bond motifs is 1. The van der Waals surface area contributed by atoms with E-state index in [9.17, 15) is 0 Å². The fraction of sp³-hybridized carbons (Fsp3) is 0.438. The Morgan fingerprint density at radius 1 is 1.22 bits per heavy atom. The van der Waals surface area contributed by atoms with Crippen molar-refractivity contribution in [1.29, 1.82) is 0 Å². The Morgan fingerprint density at radius 2 is 2.09 bits per heavy atom. The molecule has 1 saturated carbocycles. The molecule has 3 aromatic heterocycles. The Morgan fingerprint density at radius 3 is 2.87 bits per heavy atom. The molecule has 0 atom stereocenters. The molecule has 0 bridgehead atoms. The van der Waals surface area contributed by atoms with Gasteiger partial charge >= 0.3 is 0 Å². The highest BCUT2D eigenvalue weighted by Crippen LogP contribution is 2.29. The van der Waals surface area contributed by atoms with Crippen LogP contribution in [-0.2, 0) is 0 Å². The molecule has 23 heavy (non-hydrogen) atoms. The molecular formula is C16H20N6S. The van der Waals surface area contributed by atoms with Crippen LogP contribution < -0.4 is 10.6 Å². The van der Waals surface area contributed by atoms with Crippen molar-refractivity contribution < 1.29 is 0 Å². The second-order valence-corrected chi connectivity index (χ2v) is 6.97. The Hall–Kier alpha value is -2.15. The minimum absolute atomic E-state index is 0.488. The van der Waals surface area contributed by atoms with Crippen LogP contribution in [0.5, 0.6) is 0 Å². The van der Waals surface area contributed by atoms with Crippen LogP contribution >= 0.6 is 11.3 Å². The molecule has 1 aliphatic carbocycles. The lowest BCUT2D eigenvalue weighted by Crippen LogP contribution is -2.23. The molecule has 1 fully saturated rings. The third-order valence-electron chi connectivity index (χ3n) is 4.22.